The van der Waals surface area contributed by atoms with E-state index in [0.29, 0.717) is 17.4 Å². The van der Waals surface area contributed by atoms with Crippen LogP contribution in [0.3, 0.4) is 0 Å². The van der Waals surface area contributed by atoms with Gasteiger partial charge in [-0.15, -0.1) is 0 Å². The van der Waals surface area contributed by atoms with Gasteiger partial charge in [0.15, 0.2) is 0 Å². The van der Waals surface area contributed by atoms with Gasteiger partial charge in [-0.05, 0) is 59.7 Å². The molecule has 1 fully saturated rings. The Balaban J connectivity index is 1.39. The number of rotatable bonds is 4. The number of fused-ring (bicyclic) bond motifs is 1. The monoisotopic (exact) mass is 442 g/mol. The number of carbonyl (C=O) groups excluding carboxylic acids is 1. The van der Waals surface area contributed by atoms with E-state index in [0.717, 1.165) is 16.8 Å². The summed E-state index contributed by atoms with van der Waals surface area (Å²) in [5.74, 6) is 1.29. The number of anilines is 2. The molecule has 5 nitrogen and oxygen atoms in total. The van der Waals surface area contributed by atoms with Crippen LogP contribution in [0.4, 0.5) is 16.2 Å². The average molecular weight is 443 g/mol. The van der Waals surface area contributed by atoms with Crippen LogP contribution in [0.25, 0.3) is 11.1 Å². The van der Waals surface area contributed by atoms with Crippen LogP contribution >= 0.6 is 0 Å². The van der Waals surface area contributed by atoms with Crippen molar-refractivity contribution >= 4 is 17.4 Å². The second-order valence-electron chi connectivity index (χ2n) is 8.97. The van der Waals surface area contributed by atoms with E-state index in [1.165, 1.54) is 37.7 Å². The van der Waals surface area contributed by atoms with Crippen molar-refractivity contribution < 1.29 is 14.6 Å². The topological polar surface area (TPSA) is 61.8 Å². The molecule has 1 atom stereocenters. The van der Waals surface area contributed by atoms with Gasteiger partial charge in [-0.1, -0.05) is 67.8 Å². The zero-order valence-electron chi connectivity index (χ0n) is 18.7. The van der Waals surface area contributed by atoms with Gasteiger partial charge in [-0.3, -0.25) is 4.90 Å². The van der Waals surface area contributed by atoms with Gasteiger partial charge in [0.2, 0.25) is 0 Å². The molecule has 3 aromatic carbocycles. The Morgan fingerprint density at radius 2 is 1.67 bits per heavy atom. The molecule has 0 bridgehead atoms. The Labute approximate surface area is 195 Å². The normalized spacial score (nSPS) is 18.3. The zero-order valence-corrected chi connectivity index (χ0v) is 18.7. The van der Waals surface area contributed by atoms with Crippen molar-refractivity contribution in [3.8, 4) is 16.9 Å². The van der Waals surface area contributed by atoms with Crippen molar-refractivity contribution in [3.05, 3.63) is 78.4 Å². The summed E-state index contributed by atoms with van der Waals surface area (Å²) in [4.78, 5) is 14.7. The van der Waals surface area contributed by atoms with Gasteiger partial charge in [0, 0.05) is 5.69 Å². The number of nitrogens with one attached hydrogen (secondary N) is 1. The van der Waals surface area contributed by atoms with E-state index in [9.17, 15) is 9.90 Å². The lowest BCUT2D eigenvalue weighted by Gasteiger charge is -2.34. The molecule has 1 aliphatic heterocycles. The number of ether oxygens (including phenoxy) is 1. The van der Waals surface area contributed by atoms with Crippen LogP contribution in [0.2, 0.25) is 0 Å². The molecule has 2 N–H and O–H groups in total. The van der Waals surface area contributed by atoms with Crippen molar-refractivity contribution in [1.29, 1.82) is 0 Å². The molecule has 33 heavy (non-hydrogen) atoms. The molecule has 0 saturated heterocycles. The van der Waals surface area contributed by atoms with Crippen LogP contribution in [0, 0.1) is 0 Å². The van der Waals surface area contributed by atoms with E-state index < -0.39 is 6.10 Å². The molecular weight excluding hydrogens is 412 g/mol. The predicted octanol–water partition coefficient (Wildman–Crippen LogP) is 6.19. The number of hydrogen-bond acceptors (Lipinski definition) is 3. The van der Waals surface area contributed by atoms with Gasteiger partial charge < -0.3 is 15.2 Å². The lowest BCUT2D eigenvalue weighted by Crippen LogP contribution is -2.46. The summed E-state index contributed by atoms with van der Waals surface area (Å²) in [6.07, 6.45) is 6.12. The number of urea groups is 1. The maximum atomic E-state index is 13.0. The summed E-state index contributed by atoms with van der Waals surface area (Å²) in [5, 5.41) is 12.7. The van der Waals surface area contributed by atoms with E-state index in [-0.39, 0.29) is 19.2 Å². The molecule has 0 aromatic heterocycles. The molecule has 5 heteroatoms. The average Bonchev–Trinajstić information content (AvgIpc) is 2.89. The SMILES string of the molecule is O=C(Nc1ccccc1)N1CC(CO)Oc2cc(-c3ccc(C4CCCCC4)cc3)ccc21. The standard InChI is InChI=1S/C28H30N2O3/c31-19-25-18-30(28(32)29-24-9-5-2-6-10-24)26-16-15-23(17-27(26)33-25)22-13-11-21(12-14-22)20-7-3-1-4-8-20/h2,5-6,9-17,20,25,31H,1,3-4,7-8,18-19H2,(H,29,32). The van der Waals surface area contributed by atoms with Crippen molar-refractivity contribution in [2.24, 2.45) is 0 Å². The molecule has 3 aromatic rings. The van der Waals surface area contributed by atoms with Crippen LogP contribution < -0.4 is 15.0 Å². The molecule has 2 aliphatic rings. The van der Waals surface area contributed by atoms with E-state index in [1.54, 1.807) is 4.90 Å². The molecule has 1 heterocycles. The summed E-state index contributed by atoms with van der Waals surface area (Å²) in [6, 6.07) is 23.9. The van der Waals surface area contributed by atoms with Gasteiger partial charge in [-0.25, -0.2) is 4.79 Å². The van der Waals surface area contributed by atoms with Gasteiger partial charge in [0.25, 0.3) is 0 Å². The lowest BCUT2D eigenvalue weighted by atomic mass is 9.84. The second kappa shape index (κ2) is 9.67. The Morgan fingerprint density at radius 1 is 0.939 bits per heavy atom. The van der Waals surface area contributed by atoms with Crippen molar-refractivity contribution in [1.82, 2.24) is 0 Å². The highest BCUT2D eigenvalue weighted by Gasteiger charge is 2.30. The third-order valence-corrected chi connectivity index (χ3v) is 6.72. The van der Waals surface area contributed by atoms with Crippen LogP contribution in [0.15, 0.2) is 72.8 Å². The largest absolute Gasteiger partial charge is 0.484 e. The Kier molecular flexibility index (Phi) is 6.31. The smallest absolute Gasteiger partial charge is 0.326 e. The fourth-order valence-corrected chi connectivity index (χ4v) is 4.91. The van der Waals surface area contributed by atoms with E-state index >= 15 is 0 Å². The van der Waals surface area contributed by atoms with E-state index in [2.05, 4.69) is 29.6 Å². The quantitative estimate of drug-likeness (QED) is 0.506. The Morgan fingerprint density at radius 3 is 2.39 bits per heavy atom. The molecule has 1 unspecified atom stereocenters. The van der Waals surface area contributed by atoms with Crippen molar-refractivity contribution in [2.75, 3.05) is 23.4 Å². The number of para-hydroxylation sites is 1. The molecule has 170 valence electrons. The minimum absolute atomic E-state index is 0.158. The molecule has 1 saturated carbocycles. The predicted molar refractivity (Wildman–Crippen MR) is 132 cm³/mol. The number of amides is 2. The lowest BCUT2D eigenvalue weighted by molar-refractivity contribution is 0.114. The van der Waals surface area contributed by atoms with Gasteiger partial charge in [0.1, 0.15) is 11.9 Å². The maximum Gasteiger partial charge on any atom is 0.326 e. The van der Waals surface area contributed by atoms with Crippen molar-refractivity contribution in [3.63, 3.8) is 0 Å². The highest BCUT2D eigenvalue weighted by molar-refractivity contribution is 6.03. The number of hydrogen-bond donors (Lipinski definition) is 2. The fourth-order valence-electron chi connectivity index (χ4n) is 4.91. The number of nitrogens with zero attached hydrogens (tertiary/aromatic N) is 1. The summed E-state index contributed by atoms with van der Waals surface area (Å²) >= 11 is 0. The van der Waals surface area contributed by atoms with Gasteiger partial charge in [0.05, 0.1) is 18.8 Å². The maximum absolute atomic E-state index is 13.0. The summed E-state index contributed by atoms with van der Waals surface area (Å²) in [6.45, 7) is 0.131. The minimum atomic E-state index is -0.469. The first-order chi connectivity index (χ1) is 16.2. The number of aliphatic hydroxyl groups excluding tert-OH is 1. The highest BCUT2D eigenvalue weighted by Crippen LogP contribution is 2.38. The van der Waals surface area contributed by atoms with Crippen LogP contribution in [0.1, 0.15) is 43.6 Å². The number of carbonyl (C=O) groups is 1. The van der Waals surface area contributed by atoms with Crippen LogP contribution in [-0.2, 0) is 0 Å². The minimum Gasteiger partial charge on any atom is -0.484 e. The Bertz CT molecular complexity index is 1090. The summed E-state index contributed by atoms with van der Waals surface area (Å²) < 4.78 is 6.02. The molecule has 0 radical (unpaired) electrons. The highest BCUT2D eigenvalue weighted by atomic mass is 16.5. The molecule has 0 spiro atoms. The number of benzene rings is 3. The van der Waals surface area contributed by atoms with Crippen LogP contribution in [0.5, 0.6) is 5.75 Å². The molecule has 2 amide bonds. The first kappa shape index (κ1) is 21.5. The summed E-state index contributed by atoms with van der Waals surface area (Å²) in [7, 11) is 0. The van der Waals surface area contributed by atoms with E-state index in [4.69, 9.17) is 4.74 Å². The van der Waals surface area contributed by atoms with Crippen molar-refractivity contribution in [2.45, 2.75) is 44.1 Å². The molecular formula is C28H30N2O3. The third-order valence-electron chi connectivity index (χ3n) is 6.72. The first-order valence-electron chi connectivity index (χ1n) is 11.9. The third kappa shape index (κ3) is 4.74. The molecule has 1 aliphatic carbocycles. The Hall–Kier alpha value is -3.31. The summed E-state index contributed by atoms with van der Waals surface area (Å²) in [5.41, 5.74) is 5.01. The second-order valence-corrected chi connectivity index (χ2v) is 8.97. The first-order valence-corrected chi connectivity index (χ1v) is 11.9. The molecule has 5 rings (SSSR count). The van der Waals surface area contributed by atoms with E-state index in [1.807, 2.05) is 48.5 Å². The van der Waals surface area contributed by atoms with Crippen LogP contribution in [-0.4, -0.2) is 30.4 Å². The number of aliphatic hydroxyl groups is 1. The zero-order chi connectivity index (χ0) is 22.6. The van der Waals surface area contributed by atoms with Gasteiger partial charge in [-0.2, -0.15) is 0 Å². The van der Waals surface area contributed by atoms with Gasteiger partial charge >= 0.3 is 6.03 Å². The fraction of sp³-hybridized carbons (Fsp3) is 0.321.